The van der Waals surface area contributed by atoms with E-state index in [0.29, 0.717) is 13.2 Å². The average Bonchev–Trinajstić information content (AvgIpc) is 2.30. The highest BCUT2D eigenvalue weighted by Crippen LogP contribution is 2.01. The van der Waals surface area contributed by atoms with E-state index >= 15 is 0 Å². The Morgan fingerprint density at radius 3 is 2.56 bits per heavy atom. The minimum Gasteiger partial charge on any atom is -0.395 e. The van der Waals surface area contributed by atoms with Crippen LogP contribution in [0.5, 0.6) is 0 Å². The summed E-state index contributed by atoms with van der Waals surface area (Å²) >= 11 is 0. The van der Waals surface area contributed by atoms with Gasteiger partial charge in [-0.3, -0.25) is 9.69 Å². The number of aliphatic hydroxyl groups excluding tert-OH is 1. The van der Waals surface area contributed by atoms with Gasteiger partial charge in [-0.25, -0.2) is 0 Å². The van der Waals surface area contributed by atoms with Gasteiger partial charge in [0.1, 0.15) is 6.61 Å². The van der Waals surface area contributed by atoms with Crippen LogP contribution >= 0.6 is 0 Å². The monoisotopic (exact) mass is 230 g/mol. The second-order valence-electron chi connectivity index (χ2n) is 4.00. The van der Waals surface area contributed by atoms with Crippen molar-refractivity contribution in [2.75, 3.05) is 52.5 Å². The summed E-state index contributed by atoms with van der Waals surface area (Å²) in [5.74, 6) is 0.0806. The maximum Gasteiger partial charge on any atom is 0.248 e. The lowest BCUT2D eigenvalue weighted by atomic mass is 10.3. The van der Waals surface area contributed by atoms with Crippen molar-refractivity contribution in [1.82, 2.24) is 9.80 Å². The van der Waals surface area contributed by atoms with E-state index in [1.807, 2.05) is 11.8 Å². The number of carbonyl (C=O) groups is 1. The fraction of sp³-hybridized carbons (Fsp3) is 0.909. The lowest BCUT2D eigenvalue weighted by Gasteiger charge is -2.34. The van der Waals surface area contributed by atoms with Gasteiger partial charge in [0.2, 0.25) is 5.91 Å². The van der Waals surface area contributed by atoms with Crippen molar-refractivity contribution in [2.45, 2.75) is 13.3 Å². The maximum atomic E-state index is 11.7. The zero-order chi connectivity index (χ0) is 11.8. The minimum atomic E-state index is 0.0806. The fourth-order valence-corrected chi connectivity index (χ4v) is 1.76. The molecule has 0 radical (unpaired) electrons. The summed E-state index contributed by atoms with van der Waals surface area (Å²) in [7, 11) is 0. The molecule has 5 nitrogen and oxygen atoms in total. The molecular formula is C11H22N2O3. The first-order valence-electron chi connectivity index (χ1n) is 5.96. The number of rotatable bonds is 6. The van der Waals surface area contributed by atoms with Crippen molar-refractivity contribution in [1.29, 1.82) is 0 Å². The Kier molecular flexibility index (Phi) is 6.37. The van der Waals surface area contributed by atoms with Gasteiger partial charge in [-0.2, -0.15) is 0 Å². The van der Waals surface area contributed by atoms with E-state index in [9.17, 15) is 4.79 Å². The van der Waals surface area contributed by atoms with Crippen LogP contribution in [-0.2, 0) is 9.53 Å². The third-order valence-electron chi connectivity index (χ3n) is 2.72. The van der Waals surface area contributed by atoms with E-state index in [1.165, 1.54) is 0 Å². The van der Waals surface area contributed by atoms with E-state index in [1.54, 1.807) is 0 Å². The molecule has 16 heavy (non-hydrogen) atoms. The van der Waals surface area contributed by atoms with Crippen molar-refractivity contribution < 1.29 is 14.6 Å². The lowest BCUT2D eigenvalue weighted by molar-refractivity contribution is -0.137. The van der Waals surface area contributed by atoms with Crippen LogP contribution in [0.4, 0.5) is 0 Å². The highest BCUT2D eigenvalue weighted by atomic mass is 16.5. The number of β-amino-alcohol motifs (C(OH)–C–C–N with tert-alkyl or cyclic N) is 1. The summed E-state index contributed by atoms with van der Waals surface area (Å²) in [6.07, 6.45) is 0.942. The molecule has 0 aromatic heterocycles. The molecule has 1 fully saturated rings. The van der Waals surface area contributed by atoms with Crippen molar-refractivity contribution >= 4 is 5.91 Å². The molecule has 0 unspecified atom stereocenters. The highest BCUT2D eigenvalue weighted by molar-refractivity contribution is 5.77. The summed E-state index contributed by atoms with van der Waals surface area (Å²) in [5, 5.41) is 8.79. The topological polar surface area (TPSA) is 53.0 Å². The highest BCUT2D eigenvalue weighted by Gasteiger charge is 2.20. The van der Waals surface area contributed by atoms with Crippen LogP contribution in [-0.4, -0.2) is 73.4 Å². The third-order valence-corrected chi connectivity index (χ3v) is 2.72. The molecule has 1 rings (SSSR count). The van der Waals surface area contributed by atoms with Crippen molar-refractivity contribution in [2.24, 2.45) is 0 Å². The first-order valence-corrected chi connectivity index (χ1v) is 5.96. The summed E-state index contributed by atoms with van der Waals surface area (Å²) in [4.78, 5) is 15.7. The van der Waals surface area contributed by atoms with Gasteiger partial charge in [-0.1, -0.05) is 6.92 Å². The number of carbonyl (C=O) groups excluding carboxylic acids is 1. The standard InChI is InChI=1S/C11H22N2O3/c1-2-9-16-10-11(15)13-5-3-12(4-6-13)7-8-14/h14H,2-10H2,1H3. The number of hydrogen-bond acceptors (Lipinski definition) is 4. The minimum absolute atomic E-state index is 0.0806. The molecule has 5 heteroatoms. The molecule has 0 aliphatic carbocycles. The number of hydrogen-bond donors (Lipinski definition) is 1. The predicted octanol–water partition coefficient (Wildman–Crippen LogP) is -0.450. The van der Waals surface area contributed by atoms with Crippen LogP contribution in [0.3, 0.4) is 0 Å². The van der Waals surface area contributed by atoms with Gasteiger partial charge in [-0.05, 0) is 6.42 Å². The average molecular weight is 230 g/mol. The van der Waals surface area contributed by atoms with Crippen molar-refractivity contribution in [3.05, 3.63) is 0 Å². The second kappa shape index (κ2) is 7.60. The van der Waals surface area contributed by atoms with Gasteiger partial charge < -0.3 is 14.7 Å². The van der Waals surface area contributed by atoms with Crippen LogP contribution < -0.4 is 0 Å². The normalized spacial score (nSPS) is 17.8. The number of amides is 1. The molecule has 0 bridgehead atoms. The fourth-order valence-electron chi connectivity index (χ4n) is 1.76. The molecule has 0 saturated carbocycles. The summed E-state index contributed by atoms with van der Waals surface area (Å²) in [5.41, 5.74) is 0. The largest absolute Gasteiger partial charge is 0.395 e. The van der Waals surface area contributed by atoms with Gasteiger partial charge in [0.05, 0.1) is 6.61 Å². The first-order chi connectivity index (χ1) is 7.77. The molecule has 1 heterocycles. The van der Waals surface area contributed by atoms with E-state index < -0.39 is 0 Å². The zero-order valence-corrected chi connectivity index (χ0v) is 10.0. The molecule has 94 valence electrons. The van der Waals surface area contributed by atoms with Gasteiger partial charge in [0.15, 0.2) is 0 Å². The lowest BCUT2D eigenvalue weighted by Crippen LogP contribution is -2.50. The molecule has 1 saturated heterocycles. The van der Waals surface area contributed by atoms with E-state index in [0.717, 1.165) is 32.6 Å². The van der Waals surface area contributed by atoms with Crippen LogP contribution in [0.15, 0.2) is 0 Å². The quantitative estimate of drug-likeness (QED) is 0.628. The molecule has 0 atom stereocenters. The van der Waals surface area contributed by atoms with E-state index in [2.05, 4.69) is 4.90 Å². The predicted molar refractivity (Wildman–Crippen MR) is 61.2 cm³/mol. The van der Waals surface area contributed by atoms with Crippen LogP contribution in [0.25, 0.3) is 0 Å². The number of ether oxygens (including phenoxy) is 1. The molecule has 0 aromatic carbocycles. The van der Waals surface area contributed by atoms with Gasteiger partial charge >= 0.3 is 0 Å². The number of nitrogens with zero attached hydrogens (tertiary/aromatic N) is 2. The third kappa shape index (κ3) is 4.47. The Morgan fingerprint density at radius 2 is 2.00 bits per heavy atom. The molecule has 1 aliphatic heterocycles. The maximum absolute atomic E-state index is 11.7. The Bertz CT molecular complexity index is 203. The van der Waals surface area contributed by atoms with Crippen LogP contribution in [0.2, 0.25) is 0 Å². The SMILES string of the molecule is CCCOCC(=O)N1CCN(CCO)CC1. The molecule has 0 spiro atoms. The Balaban J connectivity index is 2.17. The van der Waals surface area contributed by atoms with E-state index in [4.69, 9.17) is 9.84 Å². The first kappa shape index (κ1) is 13.4. The zero-order valence-electron chi connectivity index (χ0n) is 10.0. The Labute approximate surface area is 97.0 Å². The summed E-state index contributed by atoms with van der Waals surface area (Å²) in [6.45, 7) is 6.95. The van der Waals surface area contributed by atoms with Crippen molar-refractivity contribution in [3.8, 4) is 0 Å². The summed E-state index contributed by atoms with van der Waals surface area (Å²) < 4.78 is 5.23. The van der Waals surface area contributed by atoms with Crippen molar-refractivity contribution in [3.63, 3.8) is 0 Å². The molecule has 1 amide bonds. The Hall–Kier alpha value is -0.650. The second-order valence-corrected chi connectivity index (χ2v) is 4.00. The molecule has 0 aromatic rings. The van der Waals surface area contributed by atoms with Gasteiger partial charge in [0, 0.05) is 39.3 Å². The van der Waals surface area contributed by atoms with Crippen LogP contribution in [0.1, 0.15) is 13.3 Å². The molecular weight excluding hydrogens is 208 g/mol. The number of aliphatic hydroxyl groups is 1. The van der Waals surface area contributed by atoms with E-state index in [-0.39, 0.29) is 19.1 Å². The molecule has 1 aliphatic rings. The van der Waals surface area contributed by atoms with Gasteiger partial charge in [-0.15, -0.1) is 0 Å². The van der Waals surface area contributed by atoms with Gasteiger partial charge in [0.25, 0.3) is 0 Å². The smallest absolute Gasteiger partial charge is 0.248 e. The Morgan fingerprint density at radius 1 is 1.31 bits per heavy atom. The molecule has 1 N–H and O–H groups in total. The van der Waals surface area contributed by atoms with Crippen LogP contribution in [0, 0.1) is 0 Å². The number of piperazine rings is 1. The summed E-state index contributed by atoms with van der Waals surface area (Å²) in [6, 6.07) is 0.